The third kappa shape index (κ3) is 4.19. The van der Waals surface area contributed by atoms with E-state index in [0.29, 0.717) is 13.0 Å². The zero-order chi connectivity index (χ0) is 16.3. The lowest BCUT2D eigenvalue weighted by molar-refractivity contribution is 0.559. The van der Waals surface area contributed by atoms with Gasteiger partial charge in [0.05, 0.1) is 5.75 Å². The molecule has 0 aliphatic carbocycles. The van der Waals surface area contributed by atoms with Crippen LogP contribution in [-0.4, -0.2) is 20.7 Å². The van der Waals surface area contributed by atoms with Gasteiger partial charge in [0, 0.05) is 19.1 Å². The van der Waals surface area contributed by atoms with Gasteiger partial charge < -0.3 is 5.32 Å². The Morgan fingerprint density at radius 1 is 1.17 bits per heavy atom. The van der Waals surface area contributed by atoms with E-state index < -0.39 is 10.0 Å². The Bertz CT molecular complexity index is 773. The Labute approximate surface area is 138 Å². The highest BCUT2D eigenvalue weighted by Crippen LogP contribution is 2.27. The summed E-state index contributed by atoms with van der Waals surface area (Å²) in [5.41, 5.74) is 4.60. The van der Waals surface area contributed by atoms with Gasteiger partial charge in [0.25, 0.3) is 0 Å². The minimum absolute atomic E-state index is 0.0816. The molecule has 0 spiro atoms. The van der Waals surface area contributed by atoms with Gasteiger partial charge >= 0.3 is 0 Å². The molecule has 0 saturated heterocycles. The summed E-state index contributed by atoms with van der Waals surface area (Å²) in [6.45, 7) is 3.20. The summed E-state index contributed by atoms with van der Waals surface area (Å²) in [6.07, 6.45) is 0.702. The second kappa shape index (κ2) is 6.83. The first-order chi connectivity index (χ1) is 11.0. The Kier molecular flexibility index (Phi) is 4.80. The molecule has 5 heteroatoms. The van der Waals surface area contributed by atoms with Gasteiger partial charge in [-0.3, -0.25) is 0 Å². The first-order valence-corrected chi connectivity index (χ1v) is 9.53. The van der Waals surface area contributed by atoms with E-state index in [9.17, 15) is 8.42 Å². The summed E-state index contributed by atoms with van der Waals surface area (Å²) in [4.78, 5) is 0. The molecule has 3 rings (SSSR count). The van der Waals surface area contributed by atoms with Gasteiger partial charge in [-0.15, -0.1) is 0 Å². The number of nitrogens with one attached hydrogen (secondary N) is 2. The van der Waals surface area contributed by atoms with Crippen LogP contribution in [0, 0.1) is 6.92 Å². The maximum atomic E-state index is 12.3. The second-order valence-electron chi connectivity index (χ2n) is 6.05. The summed E-state index contributed by atoms with van der Waals surface area (Å²) in [7, 11) is -3.30. The van der Waals surface area contributed by atoms with Crippen LogP contribution in [0.2, 0.25) is 0 Å². The molecule has 2 aromatic rings. The predicted molar refractivity (Wildman–Crippen MR) is 92.7 cm³/mol. The molecule has 0 bridgehead atoms. The van der Waals surface area contributed by atoms with Gasteiger partial charge in [-0.25, -0.2) is 13.1 Å². The van der Waals surface area contributed by atoms with Gasteiger partial charge in [-0.2, -0.15) is 0 Å². The minimum Gasteiger partial charge on any atom is -0.305 e. The molecule has 0 aromatic heterocycles. The van der Waals surface area contributed by atoms with Crippen molar-refractivity contribution in [2.45, 2.75) is 25.9 Å². The Morgan fingerprint density at radius 3 is 2.74 bits per heavy atom. The largest absolute Gasteiger partial charge is 0.305 e. The van der Waals surface area contributed by atoms with Crippen molar-refractivity contribution in [1.29, 1.82) is 0 Å². The van der Waals surface area contributed by atoms with Crippen LogP contribution >= 0.6 is 0 Å². The van der Waals surface area contributed by atoms with Crippen molar-refractivity contribution in [3.63, 3.8) is 0 Å². The summed E-state index contributed by atoms with van der Waals surface area (Å²) in [6, 6.07) is 16.0. The molecular weight excluding hydrogens is 308 g/mol. The first-order valence-electron chi connectivity index (χ1n) is 7.87. The van der Waals surface area contributed by atoms with E-state index in [4.69, 9.17) is 0 Å². The third-order valence-corrected chi connectivity index (χ3v) is 5.60. The summed E-state index contributed by atoms with van der Waals surface area (Å²) in [5, 5.41) is 3.29. The van der Waals surface area contributed by atoms with E-state index in [2.05, 4.69) is 28.2 Å². The van der Waals surface area contributed by atoms with Crippen molar-refractivity contribution < 1.29 is 8.42 Å². The van der Waals surface area contributed by atoms with Crippen molar-refractivity contribution >= 4 is 10.0 Å². The lowest BCUT2D eigenvalue weighted by Crippen LogP contribution is -2.33. The lowest BCUT2D eigenvalue weighted by atomic mass is 10.0. The molecule has 1 aliphatic heterocycles. The first kappa shape index (κ1) is 16.2. The Balaban J connectivity index is 1.59. The average Bonchev–Trinajstić information content (AvgIpc) is 2.90. The van der Waals surface area contributed by atoms with Crippen LogP contribution < -0.4 is 10.0 Å². The fourth-order valence-electron chi connectivity index (χ4n) is 2.97. The highest BCUT2D eigenvalue weighted by molar-refractivity contribution is 7.89. The van der Waals surface area contributed by atoms with Crippen molar-refractivity contribution in [3.05, 3.63) is 70.8 Å². The van der Waals surface area contributed by atoms with Crippen LogP contribution in [0.15, 0.2) is 48.5 Å². The van der Waals surface area contributed by atoms with Crippen LogP contribution in [0.25, 0.3) is 0 Å². The SMILES string of the molecule is Cc1ccc2c(c1)C(CS(=O)(=O)NCCc1ccccc1)NC2. The molecule has 1 heterocycles. The van der Waals surface area contributed by atoms with Crippen molar-refractivity contribution in [1.82, 2.24) is 10.0 Å². The van der Waals surface area contributed by atoms with Crippen molar-refractivity contribution in [2.24, 2.45) is 0 Å². The highest BCUT2D eigenvalue weighted by atomic mass is 32.2. The summed E-state index contributed by atoms with van der Waals surface area (Å²) < 4.78 is 27.4. The Hall–Kier alpha value is -1.69. The second-order valence-corrected chi connectivity index (χ2v) is 7.90. The molecular formula is C18H22N2O2S. The maximum absolute atomic E-state index is 12.3. The van der Waals surface area contributed by atoms with Crippen LogP contribution in [0.1, 0.15) is 28.3 Å². The van der Waals surface area contributed by atoms with Crippen molar-refractivity contribution in [3.8, 4) is 0 Å². The Morgan fingerprint density at radius 2 is 1.96 bits per heavy atom. The van der Waals surface area contributed by atoms with E-state index in [1.165, 1.54) is 5.56 Å². The molecule has 0 radical (unpaired) electrons. The topological polar surface area (TPSA) is 58.2 Å². The number of hydrogen-bond acceptors (Lipinski definition) is 3. The zero-order valence-electron chi connectivity index (χ0n) is 13.2. The fourth-order valence-corrected chi connectivity index (χ4v) is 4.23. The summed E-state index contributed by atoms with van der Waals surface area (Å²) >= 11 is 0. The third-order valence-electron chi connectivity index (χ3n) is 4.18. The van der Waals surface area contributed by atoms with Gasteiger partial charge in [-0.1, -0.05) is 54.1 Å². The molecule has 2 aromatic carbocycles. The van der Waals surface area contributed by atoms with E-state index in [-0.39, 0.29) is 11.8 Å². The van der Waals surface area contributed by atoms with E-state index in [0.717, 1.165) is 23.2 Å². The number of rotatable bonds is 6. The fraction of sp³-hybridized carbons (Fsp3) is 0.333. The summed E-state index contributed by atoms with van der Waals surface area (Å²) in [5.74, 6) is 0.0816. The van der Waals surface area contributed by atoms with Crippen LogP contribution in [-0.2, 0) is 23.0 Å². The molecule has 0 amide bonds. The number of benzene rings is 2. The number of fused-ring (bicyclic) bond motifs is 1. The standard InChI is InChI=1S/C18H22N2O2S/c1-14-7-8-16-12-19-18(17(16)11-14)13-23(21,22)20-10-9-15-5-3-2-4-6-15/h2-8,11,18-20H,9-10,12-13H2,1H3. The predicted octanol–water partition coefficient (Wildman–Crippen LogP) is 2.30. The highest BCUT2D eigenvalue weighted by Gasteiger charge is 2.26. The van der Waals surface area contributed by atoms with Crippen LogP contribution in [0.5, 0.6) is 0 Å². The van der Waals surface area contributed by atoms with Crippen molar-refractivity contribution in [2.75, 3.05) is 12.3 Å². The van der Waals surface area contributed by atoms with E-state index in [1.807, 2.05) is 37.3 Å². The quantitative estimate of drug-likeness (QED) is 0.854. The molecule has 1 atom stereocenters. The molecule has 23 heavy (non-hydrogen) atoms. The van der Waals surface area contributed by atoms with Gasteiger partial charge in [0.1, 0.15) is 0 Å². The molecule has 1 unspecified atom stereocenters. The molecule has 0 saturated carbocycles. The monoisotopic (exact) mass is 330 g/mol. The number of sulfonamides is 1. The number of aryl methyl sites for hydroxylation is 1. The smallest absolute Gasteiger partial charge is 0.213 e. The van der Waals surface area contributed by atoms with Gasteiger partial charge in [0.15, 0.2) is 0 Å². The zero-order valence-corrected chi connectivity index (χ0v) is 14.1. The minimum atomic E-state index is -3.30. The number of hydrogen-bond donors (Lipinski definition) is 2. The van der Waals surface area contributed by atoms with Gasteiger partial charge in [-0.05, 0) is 30.0 Å². The lowest BCUT2D eigenvalue weighted by Gasteiger charge is -2.14. The van der Waals surface area contributed by atoms with Crippen LogP contribution in [0.4, 0.5) is 0 Å². The molecule has 0 fully saturated rings. The molecule has 1 aliphatic rings. The van der Waals surface area contributed by atoms with Gasteiger partial charge in [0.2, 0.25) is 10.0 Å². The molecule has 122 valence electrons. The van der Waals surface area contributed by atoms with E-state index >= 15 is 0 Å². The normalized spacial score (nSPS) is 17.2. The molecule has 4 nitrogen and oxygen atoms in total. The maximum Gasteiger partial charge on any atom is 0.213 e. The average molecular weight is 330 g/mol. The molecule has 2 N–H and O–H groups in total. The van der Waals surface area contributed by atoms with E-state index in [1.54, 1.807) is 0 Å². The van der Waals surface area contributed by atoms with Crippen LogP contribution in [0.3, 0.4) is 0 Å².